The summed E-state index contributed by atoms with van der Waals surface area (Å²) < 4.78 is 11.8. The van der Waals surface area contributed by atoms with Crippen molar-refractivity contribution in [1.82, 2.24) is 0 Å². The normalized spacial score (nSPS) is 3.60. The molecule has 0 bridgehead atoms. The van der Waals surface area contributed by atoms with Crippen molar-refractivity contribution in [3.05, 3.63) is 0 Å². The number of hydrogen-bond donors (Lipinski definition) is 0. The summed E-state index contributed by atoms with van der Waals surface area (Å²) in [5.74, 6) is 0. The Morgan fingerprint density at radius 3 is 1.60 bits per heavy atom. The predicted octanol–water partition coefficient (Wildman–Crippen LogP) is 1.10. The first kappa shape index (κ1) is 15.8. The van der Waals surface area contributed by atoms with Gasteiger partial charge in [-0.15, -0.1) is 0 Å². The molecule has 0 fully saturated rings. The zero-order chi connectivity index (χ0) is 2.71. The molecule has 0 aliphatic rings. The minimum Gasteiger partial charge on any atom is -0.153 e. The van der Waals surface area contributed by atoms with Gasteiger partial charge in [-0.1, -0.05) is 4.49 Å². The van der Waals surface area contributed by atoms with Crippen LogP contribution in [0.25, 0.3) is 0 Å². The van der Waals surface area contributed by atoms with E-state index in [4.69, 9.17) is 0 Å². The van der Waals surface area contributed by atoms with Crippen LogP contribution in [0, 0.1) is 35.6 Å². The molecule has 1 unspecified atom stereocenters. The number of hydrogen-bond acceptors (Lipinski definition) is 1. The second-order valence-electron chi connectivity index (χ2n) is 0.0583. The molecule has 0 spiro atoms. The maximum atomic E-state index is 9.56. The summed E-state index contributed by atoms with van der Waals surface area (Å²) >= 11 is 3.83. The van der Waals surface area contributed by atoms with Crippen LogP contribution >= 0.6 is 21.8 Å². The van der Waals surface area contributed by atoms with E-state index in [1.54, 1.807) is 0 Å². The van der Waals surface area contributed by atoms with Crippen LogP contribution in [0.3, 0.4) is 0 Å². The minimum absolute atomic E-state index is 0. The monoisotopic (exact) mass is 243 g/mol. The topological polar surface area (TPSA) is 9.23 Å². The molecule has 0 heterocycles. The van der Waals surface area contributed by atoms with Gasteiger partial charge in [-0.05, 0) is 4.53 Å². The van der Waals surface area contributed by atoms with Gasteiger partial charge >= 0.3 is 0 Å². The van der Waals surface area contributed by atoms with E-state index in [1.165, 1.54) is 0 Å². The Kier molecular flexibility index (Phi) is 54.0. The first-order valence-corrected chi connectivity index (χ1v) is 0.617. The third-order valence-electron chi connectivity index (χ3n) is 0. The summed E-state index contributed by atoms with van der Waals surface area (Å²) in [5.41, 5.74) is 0. The van der Waals surface area contributed by atoms with Crippen LogP contribution < -0.4 is 0 Å². The molecular weight excluding hydrogens is 240 g/mol. The zero-order valence-corrected chi connectivity index (χ0v) is 8.24. The first-order valence-electron chi connectivity index (χ1n) is 0.309. The third-order valence-corrected chi connectivity index (χ3v) is 0. The Bertz CT molecular complexity index is 11.6. The van der Waals surface area contributed by atoms with Gasteiger partial charge in [0.2, 0.25) is 0 Å². The average Bonchev–Trinajstić information content (AvgIpc) is 0.918. The molecule has 0 aromatic carbocycles. The molecule has 0 aliphatic heterocycles. The summed E-state index contributed by atoms with van der Waals surface area (Å²) in [7, 11) is 0. The number of rotatable bonds is 0. The third kappa shape index (κ3) is 25.8. The second-order valence-corrected chi connectivity index (χ2v) is 0.175. The minimum atomic E-state index is 0. The van der Waals surface area contributed by atoms with Crippen molar-refractivity contribution in [2.45, 2.75) is 0 Å². The van der Waals surface area contributed by atoms with Gasteiger partial charge in [0.1, 0.15) is 11.9 Å². The van der Waals surface area contributed by atoms with E-state index in [1.807, 2.05) is 0 Å². The van der Waals surface area contributed by atoms with Gasteiger partial charge in [0.25, 0.3) is 0 Å². The van der Waals surface area contributed by atoms with Gasteiger partial charge in [0.05, 0.1) is 0 Å². The Hall–Kier alpha value is 1.80. The largest absolute Gasteiger partial charge is 0.153 e. The molecule has 5 heteroatoms. The Morgan fingerprint density at radius 2 is 1.60 bits per heavy atom. The molecule has 0 N–H and O–H groups in total. The molecule has 0 aromatic rings. The molecule has 31 valence electrons. The van der Waals surface area contributed by atoms with E-state index in [0.29, 0.717) is 0 Å². The van der Waals surface area contributed by atoms with Crippen LogP contribution in [0.4, 0.5) is 4.53 Å². The first-order chi connectivity index (χ1) is 1.41. The molecule has 0 amide bonds. The van der Waals surface area contributed by atoms with E-state index < -0.39 is 0 Å². The Labute approximate surface area is 65.9 Å². The van der Waals surface area contributed by atoms with E-state index in [0.717, 1.165) is 0 Å². The van der Waals surface area contributed by atoms with Crippen molar-refractivity contribution in [3.63, 3.8) is 0 Å². The molecule has 0 rings (SSSR count). The molecular formula is H3ClFLaOP. The van der Waals surface area contributed by atoms with Crippen LogP contribution in [0.15, 0.2) is 0 Å². The summed E-state index contributed by atoms with van der Waals surface area (Å²) in [6.45, 7) is 0. The molecule has 1 nitrogen and oxygen atoms in total. The molecule has 1 radical (unpaired) electrons. The maximum Gasteiger partial charge on any atom is 0.106 e. The predicted molar refractivity (Wildman–Crippen MR) is 19.2 cm³/mol. The molecule has 0 saturated carbocycles. The van der Waals surface area contributed by atoms with Gasteiger partial charge in [0.15, 0.2) is 0 Å². The van der Waals surface area contributed by atoms with Gasteiger partial charge in [0, 0.05) is 35.6 Å². The number of halogens is 2. The average molecular weight is 243 g/mol. The molecule has 0 saturated heterocycles. The summed E-state index contributed by atoms with van der Waals surface area (Å²) in [6, 6.07) is 0. The molecule has 0 aliphatic carbocycles. The van der Waals surface area contributed by atoms with E-state index in [-0.39, 0.29) is 45.5 Å². The van der Waals surface area contributed by atoms with E-state index >= 15 is 0 Å². The maximum absolute atomic E-state index is 9.56. The van der Waals surface area contributed by atoms with Crippen LogP contribution in [0.2, 0.25) is 0 Å². The van der Waals surface area contributed by atoms with Crippen LogP contribution in [-0.4, -0.2) is 0 Å². The summed E-state index contributed by atoms with van der Waals surface area (Å²) in [5, 5.41) is 0. The summed E-state index contributed by atoms with van der Waals surface area (Å²) in [4.78, 5) is 0. The van der Waals surface area contributed by atoms with Crippen molar-refractivity contribution < 1.29 is 44.6 Å². The van der Waals surface area contributed by atoms with E-state index in [2.05, 4.69) is 16.4 Å². The van der Waals surface area contributed by atoms with Crippen LogP contribution in [0.5, 0.6) is 0 Å². The van der Waals surface area contributed by atoms with Gasteiger partial charge in [-0.3, -0.25) is 0 Å². The summed E-state index contributed by atoms with van der Waals surface area (Å²) in [6.07, 6.45) is 0. The SMILES string of the molecule is FOCl.P.[La]. The standard InChI is InChI=1S/ClFO.La.H3P/c1-3-2;;/h;;1H3. The van der Waals surface area contributed by atoms with Crippen molar-refractivity contribution in [2.24, 2.45) is 0 Å². The van der Waals surface area contributed by atoms with Crippen LogP contribution in [0.1, 0.15) is 0 Å². The van der Waals surface area contributed by atoms with E-state index in [9.17, 15) is 4.53 Å². The van der Waals surface area contributed by atoms with Crippen molar-refractivity contribution in [3.8, 4) is 0 Å². The fourth-order valence-electron chi connectivity index (χ4n) is 0. The molecule has 1 atom stereocenters. The Balaban J connectivity index is -0.0000000200. The Morgan fingerprint density at radius 1 is 1.60 bits per heavy atom. The van der Waals surface area contributed by atoms with Crippen molar-refractivity contribution >= 4 is 21.8 Å². The quantitative estimate of drug-likeness (QED) is 0.579. The van der Waals surface area contributed by atoms with Crippen molar-refractivity contribution in [2.75, 3.05) is 0 Å². The van der Waals surface area contributed by atoms with Crippen molar-refractivity contribution in [1.29, 1.82) is 0 Å². The second kappa shape index (κ2) is 17.0. The van der Waals surface area contributed by atoms with Crippen LogP contribution in [-0.2, 0) is 4.49 Å². The zero-order valence-electron chi connectivity index (χ0n) is 2.45. The van der Waals surface area contributed by atoms with Gasteiger partial charge in [-0.25, -0.2) is 0 Å². The van der Waals surface area contributed by atoms with Gasteiger partial charge in [-0.2, -0.15) is 9.90 Å². The molecule has 0 aromatic heterocycles. The van der Waals surface area contributed by atoms with Gasteiger partial charge < -0.3 is 0 Å². The molecule has 5 heavy (non-hydrogen) atoms. The smallest absolute Gasteiger partial charge is 0.106 e. The fourth-order valence-corrected chi connectivity index (χ4v) is 0. The fraction of sp³-hybridized carbons (Fsp3) is 0.